The standard InChI is InChI=1S/C14H21FN2O2S/c1-10-3-4-13(9-14(10)15)20(18,19)17-7-5-12(6-8-17)11(2)16/h3-4,9,11-12H,5-8,16H2,1-2H3. The first kappa shape index (κ1) is 15.4. The van der Waals surface area contributed by atoms with E-state index in [2.05, 4.69) is 0 Å². The van der Waals surface area contributed by atoms with Crippen molar-refractivity contribution in [1.29, 1.82) is 0 Å². The molecule has 1 unspecified atom stereocenters. The van der Waals surface area contributed by atoms with Crippen LogP contribution in [0.15, 0.2) is 23.1 Å². The second-order valence-corrected chi connectivity index (χ2v) is 7.45. The smallest absolute Gasteiger partial charge is 0.243 e. The molecule has 20 heavy (non-hydrogen) atoms. The molecular weight excluding hydrogens is 279 g/mol. The Morgan fingerprint density at radius 1 is 1.35 bits per heavy atom. The summed E-state index contributed by atoms with van der Waals surface area (Å²) in [6.45, 7) is 4.46. The average Bonchev–Trinajstić information content (AvgIpc) is 2.41. The molecule has 0 saturated carbocycles. The van der Waals surface area contributed by atoms with Gasteiger partial charge >= 0.3 is 0 Å². The summed E-state index contributed by atoms with van der Waals surface area (Å²) in [5.74, 6) is -0.132. The molecule has 1 aromatic carbocycles. The highest BCUT2D eigenvalue weighted by Crippen LogP contribution is 2.25. The van der Waals surface area contributed by atoms with E-state index in [1.54, 1.807) is 6.92 Å². The highest BCUT2D eigenvalue weighted by atomic mass is 32.2. The second kappa shape index (κ2) is 5.79. The molecule has 6 heteroatoms. The van der Waals surface area contributed by atoms with E-state index in [0.29, 0.717) is 24.6 Å². The van der Waals surface area contributed by atoms with Crippen LogP contribution in [0.1, 0.15) is 25.3 Å². The SMILES string of the molecule is Cc1ccc(S(=O)(=O)N2CCC(C(C)N)CC2)cc1F. The van der Waals surface area contributed by atoms with Gasteiger partial charge in [-0.15, -0.1) is 0 Å². The van der Waals surface area contributed by atoms with E-state index in [4.69, 9.17) is 5.73 Å². The van der Waals surface area contributed by atoms with Crippen LogP contribution in [0.2, 0.25) is 0 Å². The van der Waals surface area contributed by atoms with Gasteiger partial charge in [0.2, 0.25) is 10.0 Å². The molecular formula is C14H21FN2O2S. The zero-order chi connectivity index (χ0) is 14.9. The Labute approximate surface area is 119 Å². The normalized spacial score (nSPS) is 20.0. The summed E-state index contributed by atoms with van der Waals surface area (Å²) < 4.78 is 39.9. The third kappa shape index (κ3) is 3.02. The number of sulfonamides is 1. The predicted molar refractivity (Wildman–Crippen MR) is 76.3 cm³/mol. The lowest BCUT2D eigenvalue weighted by Crippen LogP contribution is -2.42. The number of hydrogen-bond acceptors (Lipinski definition) is 3. The zero-order valence-corrected chi connectivity index (χ0v) is 12.7. The molecule has 0 aliphatic carbocycles. The maximum atomic E-state index is 13.5. The summed E-state index contributed by atoms with van der Waals surface area (Å²) in [5.41, 5.74) is 6.30. The number of halogens is 1. The first-order chi connectivity index (χ1) is 9.32. The first-order valence-corrected chi connectivity index (χ1v) is 8.28. The molecule has 1 atom stereocenters. The molecule has 112 valence electrons. The molecule has 0 aromatic heterocycles. The van der Waals surface area contributed by atoms with E-state index in [-0.39, 0.29) is 10.9 Å². The van der Waals surface area contributed by atoms with Crippen LogP contribution in [0.4, 0.5) is 4.39 Å². The molecule has 1 fully saturated rings. The third-order valence-electron chi connectivity index (χ3n) is 4.02. The van der Waals surface area contributed by atoms with E-state index in [0.717, 1.165) is 18.9 Å². The fraction of sp³-hybridized carbons (Fsp3) is 0.571. The van der Waals surface area contributed by atoms with Gasteiger partial charge in [-0.25, -0.2) is 12.8 Å². The van der Waals surface area contributed by atoms with Gasteiger partial charge in [-0.1, -0.05) is 6.07 Å². The summed E-state index contributed by atoms with van der Waals surface area (Å²) in [4.78, 5) is 0.0276. The van der Waals surface area contributed by atoms with Crippen molar-refractivity contribution in [3.05, 3.63) is 29.6 Å². The zero-order valence-electron chi connectivity index (χ0n) is 11.8. The molecule has 1 heterocycles. The van der Waals surface area contributed by atoms with Crippen LogP contribution in [0, 0.1) is 18.7 Å². The number of aryl methyl sites for hydroxylation is 1. The van der Waals surface area contributed by atoms with Crippen molar-refractivity contribution in [1.82, 2.24) is 4.31 Å². The van der Waals surface area contributed by atoms with E-state index in [1.807, 2.05) is 6.92 Å². The van der Waals surface area contributed by atoms with Gasteiger partial charge in [-0.2, -0.15) is 4.31 Å². The van der Waals surface area contributed by atoms with Crippen molar-refractivity contribution in [3.8, 4) is 0 Å². The van der Waals surface area contributed by atoms with Gasteiger partial charge in [0.25, 0.3) is 0 Å². The van der Waals surface area contributed by atoms with E-state index >= 15 is 0 Å². The minimum atomic E-state index is -3.60. The minimum absolute atomic E-state index is 0.0276. The van der Waals surface area contributed by atoms with E-state index in [1.165, 1.54) is 16.4 Å². The average molecular weight is 300 g/mol. The summed E-state index contributed by atoms with van der Waals surface area (Å²) in [7, 11) is -3.60. The predicted octanol–water partition coefficient (Wildman–Crippen LogP) is 1.88. The van der Waals surface area contributed by atoms with Gasteiger partial charge in [0, 0.05) is 19.1 Å². The summed E-state index contributed by atoms with van der Waals surface area (Å²) >= 11 is 0. The molecule has 0 bridgehead atoms. The summed E-state index contributed by atoms with van der Waals surface area (Å²) in [6.07, 6.45) is 1.51. The lowest BCUT2D eigenvalue weighted by atomic mass is 9.92. The van der Waals surface area contributed by atoms with Gasteiger partial charge in [-0.3, -0.25) is 0 Å². The molecule has 1 saturated heterocycles. The fourth-order valence-electron chi connectivity index (χ4n) is 2.53. The first-order valence-electron chi connectivity index (χ1n) is 6.84. The van der Waals surface area contributed by atoms with Crippen LogP contribution in [-0.4, -0.2) is 31.9 Å². The lowest BCUT2D eigenvalue weighted by Gasteiger charge is -2.32. The van der Waals surface area contributed by atoms with Crippen molar-refractivity contribution in [2.45, 2.75) is 37.6 Å². The fourth-order valence-corrected chi connectivity index (χ4v) is 4.01. The number of piperidine rings is 1. The quantitative estimate of drug-likeness (QED) is 0.927. The largest absolute Gasteiger partial charge is 0.328 e. The van der Waals surface area contributed by atoms with Gasteiger partial charge in [-0.05, 0) is 50.3 Å². The van der Waals surface area contributed by atoms with Gasteiger partial charge in [0.15, 0.2) is 0 Å². The second-order valence-electron chi connectivity index (χ2n) is 5.51. The number of nitrogens with two attached hydrogens (primary N) is 1. The van der Waals surface area contributed by atoms with Crippen LogP contribution in [0.5, 0.6) is 0 Å². The van der Waals surface area contributed by atoms with Crippen LogP contribution in [0.3, 0.4) is 0 Å². The highest BCUT2D eigenvalue weighted by molar-refractivity contribution is 7.89. The van der Waals surface area contributed by atoms with Crippen LogP contribution >= 0.6 is 0 Å². The third-order valence-corrected chi connectivity index (χ3v) is 5.92. The maximum absolute atomic E-state index is 13.5. The number of benzene rings is 1. The molecule has 0 amide bonds. The van der Waals surface area contributed by atoms with Crippen molar-refractivity contribution in [2.75, 3.05) is 13.1 Å². The Morgan fingerprint density at radius 2 is 1.95 bits per heavy atom. The van der Waals surface area contributed by atoms with Gasteiger partial charge in [0.05, 0.1) is 4.90 Å². The summed E-state index contributed by atoms with van der Waals surface area (Å²) in [5, 5.41) is 0. The number of nitrogens with zero attached hydrogens (tertiary/aromatic N) is 1. The lowest BCUT2D eigenvalue weighted by molar-refractivity contribution is 0.250. The molecule has 1 aliphatic heterocycles. The Hall–Kier alpha value is -0.980. The van der Waals surface area contributed by atoms with Crippen LogP contribution in [-0.2, 0) is 10.0 Å². The van der Waals surface area contributed by atoms with Crippen molar-refractivity contribution < 1.29 is 12.8 Å². The maximum Gasteiger partial charge on any atom is 0.243 e. The molecule has 2 N–H and O–H groups in total. The number of rotatable bonds is 3. The molecule has 0 radical (unpaired) electrons. The Balaban J connectivity index is 2.17. The Morgan fingerprint density at radius 3 is 2.45 bits per heavy atom. The monoisotopic (exact) mass is 300 g/mol. The molecule has 1 aliphatic rings. The van der Waals surface area contributed by atoms with E-state index < -0.39 is 15.8 Å². The van der Waals surface area contributed by atoms with Gasteiger partial charge in [0.1, 0.15) is 5.82 Å². The number of hydrogen-bond donors (Lipinski definition) is 1. The molecule has 2 rings (SSSR count). The molecule has 0 spiro atoms. The van der Waals surface area contributed by atoms with Crippen LogP contribution in [0.25, 0.3) is 0 Å². The molecule has 1 aromatic rings. The molecule has 4 nitrogen and oxygen atoms in total. The highest BCUT2D eigenvalue weighted by Gasteiger charge is 2.30. The van der Waals surface area contributed by atoms with Gasteiger partial charge < -0.3 is 5.73 Å². The Kier molecular flexibility index (Phi) is 4.46. The van der Waals surface area contributed by atoms with E-state index in [9.17, 15) is 12.8 Å². The van der Waals surface area contributed by atoms with Crippen molar-refractivity contribution in [2.24, 2.45) is 11.7 Å². The van der Waals surface area contributed by atoms with Crippen LogP contribution < -0.4 is 5.73 Å². The van der Waals surface area contributed by atoms with Crippen molar-refractivity contribution >= 4 is 10.0 Å². The summed E-state index contributed by atoms with van der Waals surface area (Å²) in [6, 6.07) is 4.14. The van der Waals surface area contributed by atoms with Crippen molar-refractivity contribution in [3.63, 3.8) is 0 Å². The Bertz CT molecular complexity index is 579. The minimum Gasteiger partial charge on any atom is -0.328 e. The topological polar surface area (TPSA) is 63.4 Å².